The number of anilines is 1. The number of nitrogens with two attached hydrogens (primary N) is 1. The molecule has 17 heavy (non-hydrogen) atoms. The summed E-state index contributed by atoms with van der Waals surface area (Å²) in [5.41, 5.74) is 6.65. The van der Waals surface area contributed by atoms with Crippen molar-refractivity contribution in [3.8, 4) is 6.07 Å². The van der Waals surface area contributed by atoms with Crippen LogP contribution in [0.2, 0.25) is 0 Å². The first-order valence-electron chi connectivity index (χ1n) is 4.78. The molecule has 0 unspecified atom stereocenters. The molecule has 2 aromatic rings. The summed E-state index contributed by atoms with van der Waals surface area (Å²) >= 11 is 4.83. The van der Waals surface area contributed by atoms with Crippen molar-refractivity contribution in [2.24, 2.45) is 0 Å². The zero-order valence-corrected chi connectivity index (χ0v) is 11.1. The van der Waals surface area contributed by atoms with Gasteiger partial charge in [-0.15, -0.1) is 0 Å². The molecule has 1 aromatic carbocycles. The number of benzene rings is 1. The molecule has 2 N–H and O–H groups in total. The van der Waals surface area contributed by atoms with Gasteiger partial charge >= 0.3 is 0 Å². The lowest BCUT2D eigenvalue weighted by atomic mass is 10.2. The Bertz CT molecular complexity index is 575. The number of hydrogen-bond acceptors (Lipinski definition) is 4. The third-order valence-electron chi connectivity index (χ3n) is 2.07. The molecule has 0 fully saturated rings. The molecule has 0 bridgehead atoms. The molecule has 5 heteroatoms. The van der Waals surface area contributed by atoms with Crippen LogP contribution >= 0.6 is 27.7 Å². The molecule has 3 nitrogen and oxygen atoms in total. The van der Waals surface area contributed by atoms with Crippen LogP contribution in [0.1, 0.15) is 5.56 Å². The molecular formula is C12H8BrN3S. The maximum absolute atomic E-state index is 8.88. The highest BCUT2D eigenvalue weighted by Gasteiger charge is 2.03. The average Bonchev–Trinajstić information content (AvgIpc) is 2.34. The minimum Gasteiger partial charge on any atom is -0.398 e. The van der Waals surface area contributed by atoms with Crippen LogP contribution < -0.4 is 5.73 Å². The van der Waals surface area contributed by atoms with Crippen molar-refractivity contribution in [1.29, 1.82) is 5.26 Å². The molecule has 0 radical (unpaired) electrons. The van der Waals surface area contributed by atoms with Gasteiger partial charge in [0.25, 0.3) is 0 Å². The molecule has 1 heterocycles. The van der Waals surface area contributed by atoms with Crippen molar-refractivity contribution in [2.45, 2.75) is 9.92 Å². The highest BCUT2D eigenvalue weighted by molar-refractivity contribution is 9.10. The van der Waals surface area contributed by atoms with Crippen molar-refractivity contribution in [2.75, 3.05) is 5.73 Å². The minimum atomic E-state index is 0.493. The van der Waals surface area contributed by atoms with E-state index in [1.807, 2.05) is 18.2 Å². The first kappa shape index (κ1) is 12.0. The van der Waals surface area contributed by atoms with Gasteiger partial charge in [-0.25, -0.2) is 4.98 Å². The number of rotatable bonds is 2. The average molecular weight is 306 g/mol. The number of nitrogen functional groups attached to an aromatic ring is 1. The Morgan fingerprint density at radius 3 is 2.76 bits per heavy atom. The summed E-state index contributed by atoms with van der Waals surface area (Å²) in [6, 6.07) is 11.3. The quantitative estimate of drug-likeness (QED) is 0.863. The van der Waals surface area contributed by atoms with Crippen LogP contribution in [0.15, 0.2) is 50.9 Å². The first-order chi connectivity index (χ1) is 8.19. The monoisotopic (exact) mass is 305 g/mol. The van der Waals surface area contributed by atoms with Gasteiger partial charge in [-0.2, -0.15) is 5.26 Å². The lowest BCUT2D eigenvalue weighted by molar-refractivity contribution is 1.12. The van der Waals surface area contributed by atoms with Gasteiger partial charge in [0.05, 0.1) is 5.56 Å². The van der Waals surface area contributed by atoms with Crippen molar-refractivity contribution in [1.82, 2.24) is 4.98 Å². The second-order valence-corrected chi connectivity index (χ2v) is 5.29. The number of pyridine rings is 1. The SMILES string of the molecule is N#Cc1cc(Sc2ccc(Br)cn2)ccc1N. The van der Waals surface area contributed by atoms with Crippen LogP contribution in [0.4, 0.5) is 5.69 Å². The van der Waals surface area contributed by atoms with Crippen molar-refractivity contribution in [3.63, 3.8) is 0 Å². The third kappa shape index (κ3) is 2.99. The summed E-state index contributed by atoms with van der Waals surface area (Å²) in [5.74, 6) is 0. The van der Waals surface area contributed by atoms with Gasteiger partial charge in [-0.3, -0.25) is 0 Å². The van der Waals surface area contributed by atoms with Crippen molar-refractivity contribution < 1.29 is 0 Å². The number of nitrogens with zero attached hydrogens (tertiary/aromatic N) is 2. The Kier molecular flexibility index (Phi) is 3.67. The Balaban J connectivity index is 2.25. The maximum Gasteiger partial charge on any atom is 0.101 e. The minimum absolute atomic E-state index is 0.493. The predicted octanol–water partition coefficient (Wildman–Crippen LogP) is 3.45. The predicted molar refractivity (Wildman–Crippen MR) is 71.6 cm³/mol. The number of halogens is 1. The molecule has 0 aliphatic carbocycles. The van der Waals surface area contributed by atoms with Gasteiger partial charge in [0.15, 0.2) is 0 Å². The Morgan fingerprint density at radius 2 is 2.12 bits per heavy atom. The fourth-order valence-electron chi connectivity index (χ4n) is 1.24. The largest absolute Gasteiger partial charge is 0.398 e. The van der Waals surface area contributed by atoms with Gasteiger partial charge in [-0.1, -0.05) is 11.8 Å². The van der Waals surface area contributed by atoms with Gasteiger partial charge in [0.1, 0.15) is 11.1 Å². The number of hydrogen-bond donors (Lipinski definition) is 1. The Morgan fingerprint density at radius 1 is 1.29 bits per heavy atom. The smallest absolute Gasteiger partial charge is 0.101 e. The summed E-state index contributed by atoms with van der Waals surface area (Å²) < 4.78 is 0.942. The Hall–Kier alpha value is -1.51. The van der Waals surface area contributed by atoms with E-state index in [0.717, 1.165) is 14.4 Å². The zero-order chi connectivity index (χ0) is 12.3. The molecule has 0 saturated carbocycles. The van der Waals surface area contributed by atoms with Gasteiger partial charge in [0.2, 0.25) is 0 Å². The molecule has 0 spiro atoms. The van der Waals surface area contributed by atoms with E-state index < -0.39 is 0 Å². The number of aromatic nitrogens is 1. The van der Waals surface area contributed by atoms with Crippen LogP contribution in [-0.2, 0) is 0 Å². The summed E-state index contributed by atoms with van der Waals surface area (Å²) in [6.45, 7) is 0. The molecule has 0 saturated heterocycles. The van der Waals surface area contributed by atoms with Crippen molar-refractivity contribution in [3.05, 3.63) is 46.6 Å². The van der Waals surface area contributed by atoms with Crippen LogP contribution in [-0.4, -0.2) is 4.98 Å². The zero-order valence-electron chi connectivity index (χ0n) is 8.72. The topological polar surface area (TPSA) is 62.7 Å². The van der Waals surface area contributed by atoms with Gasteiger partial charge in [0, 0.05) is 21.3 Å². The molecule has 0 aliphatic rings. The van der Waals surface area contributed by atoms with E-state index in [2.05, 4.69) is 27.0 Å². The number of nitriles is 1. The summed E-state index contributed by atoms with van der Waals surface area (Å²) in [5, 5.41) is 9.76. The van der Waals surface area contributed by atoms with Crippen LogP contribution in [0.5, 0.6) is 0 Å². The molecule has 1 aromatic heterocycles. The molecule has 84 valence electrons. The molecule has 0 amide bonds. The lowest BCUT2D eigenvalue weighted by Crippen LogP contribution is -1.90. The van der Waals surface area contributed by atoms with E-state index in [4.69, 9.17) is 11.0 Å². The van der Waals surface area contributed by atoms with Crippen LogP contribution in [0, 0.1) is 11.3 Å². The fourth-order valence-corrected chi connectivity index (χ4v) is 2.27. The van der Waals surface area contributed by atoms with E-state index >= 15 is 0 Å². The van der Waals surface area contributed by atoms with E-state index in [1.165, 1.54) is 11.8 Å². The standard InChI is InChI=1S/C12H8BrN3S/c13-9-1-4-12(16-7-9)17-10-2-3-11(15)8(5-10)6-14/h1-5,7H,15H2. The van der Waals surface area contributed by atoms with E-state index in [1.54, 1.807) is 18.3 Å². The Labute approximate surface area is 112 Å². The fraction of sp³-hybridized carbons (Fsp3) is 0. The second-order valence-electron chi connectivity index (χ2n) is 3.28. The van der Waals surface area contributed by atoms with Crippen molar-refractivity contribution >= 4 is 33.4 Å². The highest BCUT2D eigenvalue weighted by Crippen LogP contribution is 2.28. The molecule has 2 rings (SSSR count). The first-order valence-corrected chi connectivity index (χ1v) is 6.39. The molecular weight excluding hydrogens is 298 g/mol. The van der Waals surface area contributed by atoms with Crippen LogP contribution in [0.25, 0.3) is 0 Å². The van der Waals surface area contributed by atoms with E-state index in [9.17, 15) is 0 Å². The van der Waals surface area contributed by atoms with E-state index in [0.29, 0.717) is 11.3 Å². The second kappa shape index (κ2) is 5.21. The van der Waals surface area contributed by atoms with E-state index in [-0.39, 0.29) is 0 Å². The maximum atomic E-state index is 8.88. The third-order valence-corrected chi connectivity index (χ3v) is 3.48. The van der Waals surface area contributed by atoms with Gasteiger partial charge in [-0.05, 0) is 46.3 Å². The lowest BCUT2D eigenvalue weighted by Gasteiger charge is -2.03. The summed E-state index contributed by atoms with van der Waals surface area (Å²) in [7, 11) is 0. The normalized spacial score (nSPS) is 9.88. The van der Waals surface area contributed by atoms with Crippen LogP contribution in [0.3, 0.4) is 0 Å². The van der Waals surface area contributed by atoms with Gasteiger partial charge < -0.3 is 5.73 Å². The highest BCUT2D eigenvalue weighted by atomic mass is 79.9. The molecule has 0 atom stereocenters. The summed E-state index contributed by atoms with van der Waals surface area (Å²) in [4.78, 5) is 5.20. The molecule has 0 aliphatic heterocycles. The summed E-state index contributed by atoms with van der Waals surface area (Å²) in [6.07, 6.45) is 1.74.